The second-order valence-corrected chi connectivity index (χ2v) is 29.1. The first-order valence-corrected chi connectivity index (χ1v) is 16.9. The molecule has 1 nitrogen and oxygen atoms in total. The quantitative estimate of drug-likeness (QED) is 0.675. The van der Waals surface area contributed by atoms with Crippen molar-refractivity contribution >= 4 is 0 Å². The van der Waals surface area contributed by atoms with E-state index in [1.807, 2.05) is 0 Å². The Balaban J connectivity index is 5.36. The molecule has 13 heavy (non-hydrogen) atoms. The Labute approximate surface area is 85.1 Å². The van der Waals surface area contributed by atoms with E-state index < -0.39 is 15.6 Å². The van der Waals surface area contributed by atoms with Gasteiger partial charge in [0.05, 0.1) is 0 Å². The first-order valence-electron chi connectivity index (χ1n) is 5.44. The molecule has 0 spiro atoms. The maximum atomic E-state index is 5.24. The molecular formula is C11H27NTa. The Morgan fingerprint density at radius 3 is 1.31 bits per heavy atom. The first-order chi connectivity index (χ1) is 5.69. The van der Waals surface area contributed by atoms with Crippen LogP contribution in [0.3, 0.4) is 0 Å². The summed E-state index contributed by atoms with van der Waals surface area (Å²) in [6.45, 7) is 13.8. The summed E-state index contributed by atoms with van der Waals surface area (Å²) in [5, 5.41) is 2.52. The molecule has 0 rings (SSSR count). The Morgan fingerprint density at radius 1 is 0.923 bits per heavy atom. The molecule has 0 aliphatic heterocycles. The van der Waals surface area contributed by atoms with Crippen LogP contribution in [0.1, 0.15) is 41.5 Å². The fourth-order valence-corrected chi connectivity index (χ4v) is 14.9. The molecule has 0 amide bonds. The van der Waals surface area contributed by atoms with Gasteiger partial charge >= 0.3 is 85.1 Å². The van der Waals surface area contributed by atoms with Crippen LogP contribution in [-0.2, 0) is 15.6 Å². The van der Waals surface area contributed by atoms with Crippen molar-refractivity contribution in [3.05, 3.63) is 0 Å². The number of hydrogen-bond donors (Lipinski definition) is 0. The molecule has 0 aliphatic rings. The van der Waals surface area contributed by atoms with E-state index in [-0.39, 0.29) is 5.54 Å². The van der Waals surface area contributed by atoms with Crippen molar-refractivity contribution in [1.82, 2.24) is 0 Å². The van der Waals surface area contributed by atoms with Crippen LogP contribution in [0.4, 0.5) is 0 Å². The predicted molar refractivity (Wildman–Crippen MR) is 59.5 cm³/mol. The zero-order valence-corrected chi connectivity index (χ0v) is 13.7. The molecule has 0 fully saturated rings. The number of nitrogens with zero attached hydrogens (tertiary/aromatic N) is 1. The third kappa shape index (κ3) is 3.65. The zero-order valence-electron chi connectivity index (χ0n) is 10.5. The minimum absolute atomic E-state index is 0.171. The van der Waals surface area contributed by atoms with Gasteiger partial charge < -0.3 is 0 Å². The second-order valence-electron chi connectivity index (χ2n) is 5.46. The molecule has 0 unspecified atom stereocenters. The molecule has 0 heterocycles. The Kier molecular flexibility index (Phi) is 4.12. The second kappa shape index (κ2) is 3.96. The molecule has 0 saturated carbocycles. The summed E-state index contributed by atoms with van der Waals surface area (Å²) in [7, 11) is 0. The van der Waals surface area contributed by atoms with Crippen molar-refractivity contribution in [1.29, 1.82) is 0 Å². The van der Waals surface area contributed by atoms with E-state index in [1.165, 1.54) is 13.9 Å². The molecule has 0 bridgehead atoms. The average Bonchev–Trinajstić information content (AvgIpc) is 2.02. The zero-order chi connectivity index (χ0) is 10.8. The molecule has 0 aromatic heterocycles. The summed E-state index contributed by atoms with van der Waals surface area (Å²) in [6.07, 6.45) is 0. The van der Waals surface area contributed by atoms with Gasteiger partial charge in [-0.1, -0.05) is 0 Å². The Bertz CT molecular complexity index is 211. The maximum absolute atomic E-state index is 5.24. The van der Waals surface area contributed by atoms with Crippen LogP contribution in [0.2, 0.25) is 19.1 Å². The third-order valence-corrected chi connectivity index (χ3v) is 27.2. The van der Waals surface area contributed by atoms with Gasteiger partial charge in [-0.15, -0.1) is 0 Å². The van der Waals surface area contributed by atoms with Crippen molar-refractivity contribution in [3.63, 3.8) is 0 Å². The van der Waals surface area contributed by atoms with Gasteiger partial charge in [-0.2, -0.15) is 0 Å². The molecule has 0 aliphatic carbocycles. The van der Waals surface area contributed by atoms with Crippen molar-refractivity contribution < 1.29 is 15.6 Å². The van der Waals surface area contributed by atoms with Gasteiger partial charge in [-0.3, -0.25) is 0 Å². The summed E-state index contributed by atoms with van der Waals surface area (Å²) >= 11 is -2.66. The van der Waals surface area contributed by atoms with Crippen LogP contribution in [-0.4, -0.2) is 5.54 Å². The van der Waals surface area contributed by atoms with Gasteiger partial charge in [0.15, 0.2) is 0 Å². The molecule has 0 saturated heterocycles. The molecule has 2 heteroatoms. The standard InChI is InChI=1S/C4H9N.3C2H5.CH3.Ta/c1-4(2,3)5;3*1-2;;/h1-3H3;3*1H2,2H3;1H3;. The first kappa shape index (κ1) is 13.5. The van der Waals surface area contributed by atoms with Crippen LogP contribution in [0.15, 0.2) is 3.34 Å². The van der Waals surface area contributed by atoms with E-state index in [2.05, 4.69) is 46.7 Å². The summed E-state index contributed by atoms with van der Waals surface area (Å²) in [5.41, 5.74) is 0.171. The van der Waals surface area contributed by atoms with E-state index in [4.69, 9.17) is 3.34 Å². The summed E-state index contributed by atoms with van der Waals surface area (Å²) in [5.74, 6) is 0. The molecule has 81 valence electrons. The van der Waals surface area contributed by atoms with Crippen molar-refractivity contribution in [2.24, 2.45) is 3.34 Å². The number of rotatable bonds is 3. The van der Waals surface area contributed by atoms with Gasteiger partial charge in [0.25, 0.3) is 0 Å². The van der Waals surface area contributed by atoms with E-state index in [9.17, 15) is 0 Å². The van der Waals surface area contributed by atoms with E-state index in [0.29, 0.717) is 0 Å². The molecule has 0 atom stereocenters. The van der Waals surface area contributed by atoms with Crippen LogP contribution in [0.5, 0.6) is 0 Å². The Morgan fingerprint density at radius 2 is 1.23 bits per heavy atom. The fourth-order valence-electron chi connectivity index (χ4n) is 1.82. The van der Waals surface area contributed by atoms with Crippen molar-refractivity contribution in [3.8, 4) is 0 Å². The molecular weight excluding hydrogens is 327 g/mol. The summed E-state index contributed by atoms with van der Waals surface area (Å²) in [4.78, 5) is 0. The molecule has 0 N–H and O–H groups in total. The van der Waals surface area contributed by atoms with Gasteiger partial charge in [0, 0.05) is 0 Å². The fraction of sp³-hybridized carbons (Fsp3) is 1.00. The van der Waals surface area contributed by atoms with Gasteiger partial charge in [0.2, 0.25) is 0 Å². The van der Waals surface area contributed by atoms with E-state index in [0.717, 1.165) is 0 Å². The van der Waals surface area contributed by atoms with Crippen LogP contribution < -0.4 is 0 Å². The SMILES string of the molecule is C[CH2][Ta]([CH3])([CH2]C)([CH2]C)=[N]C(C)(C)C. The third-order valence-electron chi connectivity index (χ3n) is 3.33. The average molecular weight is 354 g/mol. The van der Waals surface area contributed by atoms with E-state index in [1.54, 1.807) is 0 Å². The monoisotopic (exact) mass is 354 g/mol. The minimum atomic E-state index is -2.66. The van der Waals surface area contributed by atoms with Crippen molar-refractivity contribution in [2.45, 2.75) is 66.1 Å². The van der Waals surface area contributed by atoms with Gasteiger partial charge in [0.1, 0.15) is 0 Å². The Hall–Kier alpha value is 0.540. The van der Waals surface area contributed by atoms with Crippen LogP contribution in [0, 0.1) is 0 Å². The normalized spacial score (nSPS) is 16.4. The topological polar surface area (TPSA) is 12.4 Å². The molecule has 0 aromatic rings. The molecule has 0 radical (unpaired) electrons. The van der Waals surface area contributed by atoms with Gasteiger partial charge in [-0.05, 0) is 0 Å². The predicted octanol–water partition coefficient (Wildman–Crippen LogP) is 5.02. The number of hydrogen-bond acceptors (Lipinski definition) is 1. The summed E-state index contributed by atoms with van der Waals surface area (Å²) in [6, 6.07) is 0. The summed E-state index contributed by atoms with van der Waals surface area (Å²) < 4.78 is 9.27. The van der Waals surface area contributed by atoms with Crippen molar-refractivity contribution in [2.75, 3.05) is 0 Å². The molecule has 0 aromatic carbocycles. The van der Waals surface area contributed by atoms with Crippen LogP contribution >= 0.6 is 0 Å². The van der Waals surface area contributed by atoms with Crippen LogP contribution in [0.25, 0.3) is 0 Å². The van der Waals surface area contributed by atoms with E-state index >= 15 is 0 Å². The van der Waals surface area contributed by atoms with Gasteiger partial charge in [-0.25, -0.2) is 0 Å².